The van der Waals surface area contributed by atoms with Gasteiger partial charge in [0.25, 0.3) is 17.7 Å². The number of anilines is 1. The third-order valence-electron chi connectivity index (χ3n) is 5.94. The van der Waals surface area contributed by atoms with Gasteiger partial charge in [-0.15, -0.1) is 0 Å². The number of thiocarbonyl (C=S) groups is 1. The van der Waals surface area contributed by atoms with Crippen LogP contribution in [0.5, 0.6) is 0 Å². The molecular weight excluding hydrogens is 469 g/mol. The lowest BCUT2D eigenvalue weighted by Gasteiger charge is -2.30. The van der Waals surface area contributed by atoms with Crippen LogP contribution in [0.3, 0.4) is 0 Å². The monoisotopic (exact) mass is 486 g/mol. The normalized spacial score (nSPS) is 17.5. The molecule has 0 aromatic heterocycles. The molecule has 3 amide bonds. The van der Waals surface area contributed by atoms with Crippen molar-refractivity contribution in [3.63, 3.8) is 0 Å². The van der Waals surface area contributed by atoms with Gasteiger partial charge in [-0.2, -0.15) is 18.4 Å². The molecule has 0 atom stereocenters. The Hall–Kier alpha value is -3.78. The van der Waals surface area contributed by atoms with Crippen molar-refractivity contribution in [2.24, 2.45) is 0 Å². The van der Waals surface area contributed by atoms with Gasteiger partial charge in [0, 0.05) is 13.1 Å². The molecule has 2 aliphatic rings. The molecular formula is C23H17F3N4O3S. The molecule has 2 aromatic carbocycles. The number of nitrogens with zero attached hydrogens (tertiary/aromatic N) is 4. The highest BCUT2D eigenvalue weighted by atomic mass is 32.1. The van der Waals surface area contributed by atoms with Crippen LogP contribution in [0.25, 0.3) is 0 Å². The van der Waals surface area contributed by atoms with E-state index in [0.717, 1.165) is 15.9 Å². The van der Waals surface area contributed by atoms with Crippen molar-refractivity contribution < 1.29 is 27.6 Å². The first-order valence-corrected chi connectivity index (χ1v) is 10.5. The molecule has 2 heterocycles. The van der Waals surface area contributed by atoms with Gasteiger partial charge in [0.1, 0.15) is 5.54 Å². The molecule has 7 nitrogen and oxygen atoms in total. The summed E-state index contributed by atoms with van der Waals surface area (Å²) in [6.07, 6.45) is -4.80. The summed E-state index contributed by atoms with van der Waals surface area (Å²) in [6, 6.07) is 10.8. The van der Waals surface area contributed by atoms with Crippen molar-refractivity contribution in [3.05, 3.63) is 64.7 Å². The zero-order valence-corrected chi connectivity index (χ0v) is 18.8. The van der Waals surface area contributed by atoms with Crippen LogP contribution >= 0.6 is 12.2 Å². The third kappa shape index (κ3) is 3.51. The maximum absolute atomic E-state index is 13.4. The van der Waals surface area contributed by atoms with E-state index >= 15 is 0 Å². The van der Waals surface area contributed by atoms with Crippen LogP contribution in [0.1, 0.15) is 45.7 Å². The molecule has 0 saturated carbocycles. The Bertz CT molecular complexity index is 1260. The number of alkyl halides is 3. The van der Waals surface area contributed by atoms with Crippen molar-refractivity contribution in [3.8, 4) is 6.07 Å². The van der Waals surface area contributed by atoms with E-state index in [4.69, 9.17) is 17.5 Å². The fourth-order valence-corrected chi connectivity index (χ4v) is 4.59. The zero-order valence-electron chi connectivity index (χ0n) is 18.0. The van der Waals surface area contributed by atoms with Gasteiger partial charge in [-0.25, -0.2) is 0 Å². The molecule has 2 aromatic rings. The van der Waals surface area contributed by atoms with Crippen molar-refractivity contribution in [1.82, 2.24) is 9.80 Å². The number of carbonyl (C=O) groups excluding carboxylic acids is 3. The van der Waals surface area contributed by atoms with Crippen molar-refractivity contribution in [2.45, 2.75) is 25.6 Å². The fourth-order valence-electron chi connectivity index (χ4n) is 4.08. The number of rotatable bonds is 4. The third-order valence-corrected chi connectivity index (χ3v) is 6.34. The summed E-state index contributed by atoms with van der Waals surface area (Å²) in [5.41, 5.74) is -2.56. The van der Waals surface area contributed by atoms with E-state index in [0.29, 0.717) is 6.07 Å². The van der Waals surface area contributed by atoms with Crippen LogP contribution in [0, 0.1) is 11.3 Å². The smallest absolute Gasteiger partial charge is 0.332 e. The zero-order chi connectivity index (χ0) is 25.0. The lowest BCUT2D eigenvalue weighted by atomic mass is 10.0. The second-order valence-corrected chi connectivity index (χ2v) is 8.65. The highest BCUT2D eigenvalue weighted by molar-refractivity contribution is 7.80. The van der Waals surface area contributed by atoms with Gasteiger partial charge in [-0.1, -0.05) is 12.1 Å². The predicted molar refractivity (Wildman–Crippen MR) is 119 cm³/mol. The molecule has 1 saturated heterocycles. The van der Waals surface area contributed by atoms with Gasteiger partial charge >= 0.3 is 6.18 Å². The van der Waals surface area contributed by atoms with E-state index in [2.05, 4.69) is 0 Å². The molecule has 0 bridgehead atoms. The number of amides is 3. The van der Waals surface area contributed by atoms with E-state index in [1.54, 1.807) is 38.1 Å². The van der Waals surface area contributed by atoms with E-state index in [-0.39, 0.29) is 35.0 Å². The van der Waals surface area contributed by atoms with Gasteiger partial charge in [-0.3, -0.25) is 24.2 Å². The standard InChI is InChI=1S/C23H17F3N4O3S/c1-22(2)20(33)30(14-8-7-13(12-27)17(11-14)23(24,25)26)21(34)29(22)10-9-28-18(31)15-5-3-4-6-16(15)19(28)32/h3-8,11H,9-10H2,1-2H3. The maximum Gasteiger partial charge on any atom is 0.417 e. The Morgan fingerprint density at radius 2 is 1.59 bits per heavy atom. The van der Waals surface area contributed by atoms with Gasteiger partial charge in [-0.05, 0) is 56.4 Å². The molecule has 11 heteroatoms. The van der Waals surface area contributed by atoms with Gasteiger partial charge in [0.05, 0.1) is 34.0 Å². The Kier molecular flexibility index (Phi) is 5.44. The minimum absolute atomic E-state index is 0.00193. The molecule has 0 radical (unpaired) electrons. The van der Waals surface area contributed by atoms with Crippen molar-refractivity contribution in [1.29, 1.82) is 5.26 Å². The van der Waals surface area contributed by atoms with E-state index < -0.39 is 40.6 Å². The number of carbonyl (C=O) groups is 3. The van der Waals surface area contributed by atoms with Crippen LogP contribution in [0.4, 0.5) is 18.9 Å². The first-order valence-electron chi connectivity index (χ1n) is 10.1. The summed E-state index contributed by atoms with van der Waals surface area (Å²) in [6.45, 7) is 3.04. The Morgan fingerprint density at radius 3 is 2.12 bits per heavy atom. The number of nitriles is 1. The molecule has 2 aliphatic heterocycles. The van der Waals surface area contributed by atoms with Gasteiger partial charge < -0.3 is 4.90 Å². The second kappa shape index (κ2) is 7.92. The van der Waals surface area contributed by atoms with Crippen LogP contribution in [-0.4, -0.2) is 51.3 Å². The summed E-state index contributed by atoms with van der Waals surface area (Å²) in [5, 5.41) is 8.96. The summed E-state index contributed by atoms with van der Waals surface area (Å²) < 4.78 is 40.3. The van der Waals surface area contributed by atoms with Crippen LogP contribution in [-0.2, 0) is 11.0 Å². The number of fused-ring (bicyclic) bond motifs is 1. The quantitative estimate of drug-likeness (QED) is 0.485. The summed E-state index contributed by atoms with van der Waals surface area (Å²) >= 11 is 5.43. The van der Waals surface area contributed by atoms with E-state index in [1.807, 2.05) is 0 Å². The summed E-state index contributed by atoms with van der Waals surface area (Å²) in [4.78, 5) is 42.0. The molecule has 0 aliphatic carbocycles. The van der Waals surface area contributed by atoms with Crippen LogP contribution < -0.4 is 4.90 Å². The Morgan fingerprint density at radius 1 is 1.00 bits per heavy atom. The molecule has 34 heavy (non-hydrogen) atoms. The number of benzene rings is 2. The average molecular weight is 486 g/mol. The Labute approximate surface area is 198 Å². The van der Waals surface area contributed by atoms with Crippen molar-refractivity contribution >= 4 is 40.7 Å². The second-order valence-electron chi connectivity index (χ2n) is 8.28. The summed E-state index contributed by atoms with van der Waals surface area (Å²) in [7, 11) is 0. The van der Waals surface area contributed by atoms with E-state index in [9.17, 15) is 27.6 Å². The number of hydrogen-bond donors (Lipinski definition) is 0. The van der Waals surface area contributed by atoms with Gasteiger partial charge in [0.2, 0.25) is 0 Å². The lowest BCUT2D eigenvalue weighted by Crippen LogP contribution is -2.48. The van der Waals surface area contributed by atoms with Crippen LogP contribution in [0.15, 0.2) is 42.5 Å². The maximum atomic E-state index is 13.4. The molecule has 174 valence electrons. The molecule has 4 rings (SSSR count). The predicted octanol–water partition coefficient (Wildman–Crippen LogP) is 3.59. The minimum atomic E-state index is -4.80. The highest BCUT2D eigenvalue weighted by Gasteiger charge is 2.50. The summed E-state index contributed by atoms with van der Waals surface area (Å²) in [5.74, 6) is -1.50. The SMILES string of the molecule is CC1(C)C(=O)N(c2ccc(C#N)c(C(F)(F)F)c2)C(=S)N1CCN1C(=O)c2ccccc2C1=O. The largest absolute Gasteiger partial charge is 0.417 e. The van der Waals surface area contributed by atoms with Gasteiger partial charge in [0.15, 0.2) is 5.11 Å². The molecule has 0 spiro atoms. The number of imide groups is 1. The topological polar surface area (TPSA) is 84.7 Å². The fraction of sp³-hybridized carbons (Fsp3) is 0.261. The minimum Gasteiger partial charge on any atom is -0.332 e. The van der Waals surface area contributed by atoms with E-state index in [1.165, 1.54) is 17.0 Å². The molecule has 1 fully saturated rings. The molecule has 0 unspecified atom stereocenters. The first kappa shape index (κ1) is 23.4. The highest BCUT2D eigenvalue weighted by Crippen LogP contribution is 2.38. The number of halogens is 3. The first-order chi connectivity index (χ1) is 15.9. The number of hydrogen-bond acceptors (Lipinski definition) is 5. The lowest BCUT2D eigenvalue weighted by molar-refractivity contribution is -0.137. The Balaban J connectivity index is 1.61. The van der Waals surface area contributed by atoms with Crippen LogP contribution in [0.2, 0.25) is 0 Å². The van der Waals surface area contributed by atoms with Crippen molar-refractivity contribution in [2.75, 3.05) is 18.0 Å². The molecule has 0 N–H and O–H groups in total. The average Bonchev–Trinajstić information content (AvgIpc) is 3.12.